The van der Waals surface area contributed by atoms with Gasteiger partial charge in [-0.2, -0.15) is 0 Å². The van der Waals surface area contributed by atoms with Crippen molar-refractivity contribution >= 4 is 34.5 Å². The Hall–Kier alpha value is -2.23. The van der Waals surface area contributed by atoms with Gasteiger partial charge in [-0.15, -0.1) is 0 Å². The van der Waals surface area contributed by atoms with E-state index in [9.17, 15) is 0 Å². The molecule has 1 saturated carbocycles. The van der Waals surface area contributed by atoms with Crippen LogP contribution in [0.2, 0.25) is 10.0 Å². The van der Waals surface area contributed by atoms with Gasteiger partial charge in [0.25, 0.3) is 0 Å². The maximum Gasteiger partial charge on any atom is 0.147 e. The van der Waals surface area contributed by atoms with E-state index in [0.717, 1.165) is 42.1 Å². The Bertz CT molecular complexity index is 1200. The van der Waals surface area contributed by atoms with Crippen LogP contribution in [-0.2, 0) is 0 Å². The maximum atomic E-state index is 6.54. The van der Waals surface area contributed by atoms with Gasteiger partial charge in [-0.1, -0.05) is 52.6 Å². The average Bonchev–Trinajstić information content (AvgIpc) is 3.52. The van der Waals surface area contributed by atoms with Crippen molar-refractivity contribution in [3.8, 4) is 11.3 Å². The van der Waals surface area contributed by atoms with E-state index in [1.54, 1.807) is 0 Å². The molecule has 3 aliphatic rings. The van der Waals surface area contributed by atoms with Crippen LogP contribution in [0.4, 0.5) is 5.69 Å². The highest BCUT2D eigenvalue weighted by molar-refractivity contribution is 6.39. The largest absolute Gasteiger partial charge is 0.371 e. The molecule has 3 nitrogen and oxygen atoms in total. The maximum absolute atomic E-state index is 6.54. The smallest absolute Gasteiger partial charge is 0.147 e. The van der Waals surface area contributed by atoms with Gasteiger partial charge in [0.1, 0.15) is 11.5 Å². The van der Waals surface area contributed by atoms with E-state index in [2.05, 4.69) is 47.3 Å². The van der Waals surface area contributed by atoms with E-state index < -0.39 is 0 Å². The number of benzene rings is 2. The van der Waals surface area contributed by atoms with E-state index in [-0.39, 0.29) is 5.41 Å². The molecule has 0 amide bonds. The molecule has 6 rings (SSSR count). The Morgan fingerprint density at radius 1 is 1.00 bits per heavy atom. The van der Waals surface area contributed by atoms with Crippen molar-refractivity contribution in [1.29, 1.82) is 0 Å². The molecule has 1 aliphatic heterocycles. The zero-order chi connectivity index (χ0) is 21.9. The summed E-state index contributed by atoms with van der Waals surface area (Å²) in [6.07, 6.45) is 8.26. The number of allylic oxidation sites excluding steroid dienone is 2. The van der Waals surface area contributed by atoms with E-state index in [4.69, 9.17) is 27.7 Å². The third-order valence-corrected chi connectivity index (χ3v) is 7.97. The Labute approximate surface area is 199 Å². The second-order valence-corrected chi connectivity index (χ2v) is 10.5. The van der Waals surface area contributed by atoms with Gasteiger partial charge in [0.05, 0.1) is 10.0 Å². The van der Waals surface area contributed by atoms with Crippen LogP contribution in [-0.4, -0.2) is 18.2 Å². The van der Waals surface area contributed by atoms with Crippen LogP contribution >= 0.6 is 23.2 Å². The Kier molecular flexibility index (Phi) is 4.89. The minimum absolute atomic E-state index is 0.287. The molecule has 2 fully saturated rings. The number of aryl methyl sites for hydroxylation is 1. The third kappa shape index (κ3) is 3.47. The molecule has 1 saturated heterocycles. The van der Waals surface area contributed by atoms with Crippen molar-refractivity contribution in [2.75, 3.05) is 18.0 Å². The van der Waals surface area contributed by atoms with Crippen LogP contribution in [0, 0.1) is 12.3 Å². The van der Waals surface area contributed by atoms with Gasteiger partial charge in [0.15, 0.2) is 0 Å². The lowest BCUT2D eigenvalue weighted by molar-refractivity contribution is 0.277. The fourth-order valence-electron chi connectivity index (χ4n) is 5.37. The standard InChI is InChI=1S/C27H26Cl2N2O/c1-17-4-2-5-20(14-17)31-12-10-27(11-13-31)15-19(16-27)23-25(30-32-26(23)18-8-9-18)24-21(28)6-3-7-22(24)29/h2-7,14-15,18H,8-13,16H2,1H3. The molecular formula is C27H26Cl2N2O. The molecule has 32 heavy (non-hydrogen) atoms. The monoisotopic (exact) mass is 464 g/mol. The fraction of sp³-hybridized carbons (Fsp3) is 0.370. The normalized spacial score (nSPS) is 19.7. The molecule has 164 valence electrons. The van der Waals surface area contributed by atoms with Gasteiger partial charge in [-0.05, 0) is 79.8 Å². The number of hydrogen-bond acceptors (Lipinski definition) is 3. The first-order valence-corrected chi connectivity index (χ1v) is 12.3. The minimum Gasteiger partial charge on any atom is -0.371 e. The SMILES string of the molecule is Cc1cccc(N2CCC3(C=C(c4c(-c5c(Cl)cccc5Cl)noc4C4CC4)C3)CC2)c1. The minimum atomic E-state index is 0.287. The molecule has 0 bridgehead atoms. The molecule has 0 N–H and O–H groups in total. The topological polar surface area (TPSA) is 29.3 Å². The molecule has 0 unspecified atom stereocenters. The van der Waals surface area contributed by atoms with Crippen LogP contribution in [0.25, 0.3) is 16.8 Å². The number of nitrogens with zero attached hydrogens (tertiary/aromatic N) is 2. The van der Waals surface area contributed by atoms with E-state index in [0.29, 0.717) is 16.0 Å². The first-order chi connectivity index (χ1) is 15.5. The first-order valence-electron chi connectivity index (χ1n) is 11.5. The predicted octanol–water partition coefficient (Wildman–Crippen LogP) is 7.91. The predicted molar refractivity (Wildman–Crippen MR) is 132 cm³/mol. The molecular weight excluding hydrogens is 439 g/mol. The summed E-state index contributed by atoms with van der Waals surface area (Å²) in [7, 11) is 0. The van der Waals surface area contributed by atoms with Gasteiger partial charge in [-0.3, -0.25) is 0 Å². The van der Waals surface area contributed by atoms with Crippen LogP contribution < -0.4 is 4.90 Å². The number of hydrogen-bond donors (Lipinski definition) is 0. The van der Waals surface area contributed by atoms with Crippen molar-refractivity contribution < 1.29 is 4.52 Å². The van der Waals surface area contributed by atoms with Gasteiger partial charge in [0, 0.05) is 35.8 Å². The molecule has 1 aromatic heterocycles. The number of aromatic nitrogens is 1. The van der Waals surface area contributed by atoms with Gasteiger partial charge in [0.2, 0.25) is 0 Å². The Morgan fingerprint density at radius 3 is 2.34 bits per heavy atom. The van der Waals surface area contributed by atoms with E-state index >= 15 is 0 Å². The fourth-order valence-corrected chi connectivity index (χ4v) is 5.94. The highest BCUT2D eigenvalue weighted by atomic mass is 35.5. The van der Waals surface area contributed by atoms with Crippen molar-refractivity contribution in [3.05, 3.63) is 75.5 Å². The lowest BCUT2D eigenvalue weighted by Crippen LogP contribution is -2.42. The average molecular weight is 465 g/mol. The molecule has 0 radical (unpaired) electrons. The highest BCUT2D eigenvalue weighted by Crippen LogP contribution is 2.56. The van der Waals surface area contributed by atoms with Crippen LogP contribution in [0.5, 0.6) is 0 Å². The summed E-state index contributed by atoms with van der Waals surface area (Å²) < 4.78 is 5.89. The number of rotatable bonds is 4. The Balaban J connectivity index is 1.29. The van der Waals surface area contributed by atoms with Crippen molar-refractivity contribution in [2.24, 2.45) is 5.41 Å². The molecule has 3 aromatic rings. The summed E-state index contributed by atoms with van der Waals surface area (Å²) in [6.45, 7) is 4.35. The second kappa shape index (κ2) is 7.67. The van der Waals surface area contributed by atoms with Crippen LogP contribution in [0.3, 0.4) is 0 Å². The molecule has 2 aromatic carbocycles. The third-order valence-electron chi connectivity index (χ3n) is 7.34. The summed E-state index contributed by atoms with van der Waals surface area (Å²) >= 11 is 13.1. The number of anilines is 1. The van der Waals surface area contributed by atoms with Gasteiger partial charge >= 0.3 is 0 Å². The molecule has 0 atom stereocenters. The summed E-state index contributed by atoms with van der Waals surface area (Å²) in [5.41, 5.74) is 7.04. The summed E-state index contributed by atoms with van der Waals surface area (Å²) in [4.78, 5) is 2.52. The molecule has 5 heteroatoms. The van der Waals surface area contributed by atoms with Crippen molar-refractivity contribution in [2.45, 2.75) is 44.9 Å². The zero-order valence-electron chi connectivity index (χ0n) is 18.2. The van der Waals surface area contributed by atoms with Crippen LogP contribution in [0.15, 0.2) is 53.1 Å². The molecule has 1 spiro atoms. The summed E-state index contributed by atoms with van der Waals surface area (Å²) in [6, 6.07) is 14.4. The lowest BCUT2D eigenvalue weighted by Gasteiger charge is -2.47. The van der Waals surface area contributed by atoms with E-state index in [1.165, 1.54) is 42.5 Å². The molecule has 2 aliphatic carbocycles. The van der Waals surface area contributed by atoms with Gasteiger partial charge in [-0.25, -0.2) is 0 Å². The summed E-state index contributed by atoms with van der Waals surface area (Å²) in [5.74, 6) is 1.50. The van der Waals surface area contributed by atoms with Gasteiger partial charge < -0.3 is 9.42 Å². The van der Waals surface area contributed by atoms with Crippen molar-refractivity contribution in [3.63, 3.8) is 0 Å². The first kappa shape index (κ1) is 20.4. The van der Waals surface area contributed by atoms with E-state index in [1.807, 2.05) is 18.2 Å². The Morgan fingerprint density at radius 2 is 1.69 bits per heavy atom. The second-order valence-electron chi connectivity index (χ2n) is 9.68. The molecule has 2 heterocycles. The number of halogens is 2. The zero-order valence-corrected chi connectivity index (χ0v) is 19.7. The van der Waals surface area contributed by atoms with Crippen LogP contribution in [0.1, 0.15) is 54.9 Å². The lowest BCUT2D eigenvalue weighted by atomic mass is 9.63. The highest BCUT2D eigenvalue weighted by Gasteiger charge is 2.44. The quantitative estimate of drug-likeness (QED) is 0.392. The van der Waals surface area contributed by atoms with Crippen molar-refractivity contribution in [1.82, 2.24) is 5.16 Å². The summed E-state index contributed by atoms with van der Waals surface area (Å²) in [5, 5.41) is 5.71. The number of piperidine rings is 1.